The average molecular weight is 295 g/mol. The number of benzene rings is 1. The van der Waals surface area contributed by atoms with E-state index in [4.69, 9.17) is 26.5 Å². The van der Waals surface area contributed by atoms with Gasteiger partial charge < -0.3 is 14.9 Å². The zero-order valence-electron chi connectivity index (χ0n) is 10.3. The molecule has 0 saturated carbocycles. The smallest absolute Gasteiger partial charge is 0.433 e. The Labute approximate surface area is 119 Å². The van der Waals surface area contributed by atoms with Crippen molar-refractivity contribution in [1.29, 1.82) is 0 Å². The van der Waals surface area contributed by atoms with Crippen LogP contribution >= 0.6 is 11.6 Å². The maximum atomic E-state index is 10.6. The maximum absolute atomic E-state index is 10.6. The van der Waals surface area contributed by atoms with Crippen LogP contribution in [0.25, 0.3) is 0 Å². The SMILES string of the molecule is NC(c1ccc([N+](=O)[O-])o1)c1cc(Cl)cc2c1OCC2. The molecule has 1 aromatic heterocycles. The molecule has 0 aliphatic carbocycles. The standard InChI is InChI=1S/C13H11ClN2O4/c14-8-5-7-3-4-19-13(7)9(6-8)12(15)10-1-2-11(20-10)16(17)18/h1-2,5-6,12H,3-4,15H2. The van der Waals surface area contributed by atoms with E-state index in [1.165, 1.54) is 12.1 Å². The topological polar surface area (TPSA) is 91.5 Å². The summed E-state index contributed by atoms with van der Waals surface area (Å²) in [6.45, 7) is 0.577. The maximum Gasteiger partial charge on any atom is 0.433 e. The lowest BCUT2D eigenvalue weighted by Gasteiger charge is -2.13. The molecule has 0 saturated heterocycles. The minimum Gasteiger partial charge on any atom is -0.493 e. The van der Waals surface area contributed by atoms with Crippen LogP contribution in [-0.4, -0.2) is 11.5 Å². The Bertz CT molecular complexity index is 683. The lowest BCUT2D eigenvalue weighted by Crippen LogP contribution is -2.12. The van der Waals surface area contributed by atoms with E-state index < -0.39 is 11.0 Å². The first-order valence-electron chi connectivity index (χ1n) is 6.01. The van der Waals surface area contributed by atoms with E-state index in [-0.39, 0.29) is 5.88 Å². The number of ether oxygens (including phenoxy) is 1. The summed E-state index contributed by atoms with van der Waals surface area (Å²) < 4.78 is 10.7. The summed E-state index contributed by atoms with van der Waals surface area (Å²) in [5.74, 6) is 0.660. The Kier molecular flexibility index (Phi) is 3.11. The molecule has 20 heavy (non-hydrogen) atoms. The Balaban J connectivity index is 2.02. The van der Waals surface area contributed by atoms with Gasteiger partial charge in [-0.15, -0.1) is 0 Å². The molecular weight excluding hydrogens is 284 g/mol. The first-order valence-corrected chi connectivity index (χ1v) is 6.39. The molecule has 6 nitrogen and oxygen atoms in total. The molecule has 2 aromatic rings. The van der Waals surface area contributed by atoms with Gasteiger partial charge in [0.25, 0.3) is 0 Å². The molecule has 0 amide bonds. The Morgan fingerprint density at radius 2 is 2.20 bits per heavy atom. The number of fused-ring (bicyclic) bond motifs is 1. The van der Waals surface area contributed by atoms with Crippen molar-refractivity contribution in [2.24, 2.45) is 5.73 Å². The fourth-order valence-electron chi connectivity index (χ4n) is 2.29. The van der Waals surface area contributed by atoms with E-state index in [1.54, 1.807) is 6.07 Å². The van der Waals surface area contributed by atoms with Gasteiger partial charge in [-0.25, -0.2) is 0 Å². The van der Waals surface area contributed by atoms with Gasteiger partial charge in [-0.1, -0.05) is 11.6 Å². The number of nitrogens with two attached hydrogens (primary N) is 1. The van der Waals surface area contributed by atoms with Crippen LogP contribution in [0.2, 0.25) is 5.02 Å². The second kappa shape index (κ2) is 4.81. The van der Waals surface area contributed by atoms with Crippen LogP contribution in [0.3, 0.4) is 0 Å². The molecule has 0 spiro atoms. The Hall–Kier alpha value is -2.05. The van der Waals surface area contributed by atoms with Crippen LogP contribution in [-0.2, 0) is 6.42 Å². The molecule has 0 bridgehead atoms. The van der Waals surface area contributed by atoms with Crippen LogP contribution in [0, 0.1) is 10.1 Å². The van der Waals surface area contributed by atoms with Crippen molar-refractivity contribution >= 4 is 17.5 Å². The highest BCUT2D eigenvalue weighted by atomic mass is 35.5. The zero-order valence-corrected chi connectivity index (χ0v) is 11.1. The third kappa shape index (κ3) is 2.13. The molecule has 1 atom stereocenters. The van der Waals surface area contributed by atoms with Crippen molar-refractivity contribution in [1.82, 2.24) is 0 Å². The van der Waals surface area contributed by atoms with Crippen molar-refractivity contribution in [3.05, 3.63) is 56.3 Å². The minimum absolute atomic E-state index is 0.302. The molecule has 1 aliphatic rings. The van der Waals surface area contributed by atoms with E-state index in [0.717, 1.165) is 12.0 Å². The van der Waals surface area contributed by atoms with Crippen LogP contribution in [0.15, 0.2) is 28.7 Å². The fourth-order valence-corrected chi connectivity index (χ4v) is 2.54. The van der Waals surface area contributed by atoms with Gasteiger partial charge in [-0.05, 0) is 23.8 Å². The van der Waals surface area contributed by atoms with Crippen LogP contribution in [0.1, 0.15) is 22.9 Å². The number of rotatable bonds is 3. The highest BCUT2D eigenvalue weighted by Crippen LogP contribution is 2.38. The minimum atomic E-state index is -0.658. The molecule has 2 heterocycles. The van der Waals surface area contributed by atoms with Gasteiger partial charge in [0.2, 0.25) is 0 Å². The molecule has 1 aromatic carbocycles. The first-order chi connectivity index (χ1) is 9.56. The van der Waals surface area contributed by atoms with Gasteiger partial charge in [0.15, 0.2) is 0 Å². The summed E-state index contributed by atoms with van der Waals surface area (Å²) in [4.78, 5) is 10.0. The van der Waals surface area contributed by atoms with Gasteiger partial charge in [0, 0.05) is 17.0 Å². The lowest BCUT2D eigenvalue weighted by molar-refractivity contribution is -0.402. The normalized spacial score (nSPS) is 14.7. The summed E-state index contributed by atoms with van der Waals surface area (Å²) in [5, 5.41) is 11.2. The number of hydrogen-bond donors (Lipinski definition) is 1. The summed E-state index contributed by atoms with van der Waals surface area (Å²) in [6, 6.07) is 5.65. The largest absolute Gasteiger partial charge is 0.493 e. The molecule has 1 aliphatic heterocycles. The van der Waals surface area contributed by atoms with Gasteiger partial charge in [-0.3, -0.25) is 10.1 Å². The third-order valence-electron chi connectivity index (χ3n) is 3.21. The molecule has 1 unspecified atom stereocenters. The Morgan fingerprint density at radius 1 is 1.40 bits per heavy atom. The van der Waals surface area contributed by atoms with E-state index in [2.05, 4.69) is 0 Å². The van der Waals surface area contributed by atoms with Gasteiger partial charge >= 0.3 is 5.88 Å². The number of nitrogens with zero attached hydrogens (tertiary/aromatic N) is 1. The number of halogens is 1. The molecule has 3 rings (SSSR count). The van der Waals surface area contributed by atoms with E-state index in [0.29, 0.717) is 28.7 Å². The molecule has 104 valence electrons. The lowest BCUT2D eigenvalue weighted by atomic mass is 10.0. The highest BCUT2D eigenvalue weighted by molar-refractivity contribution is 6.30. The fraction of sp³-hybridized carbons (Fsp3) is 0.231. The van der Waals surface area contributed by atoms with Crippen molar-refractivity contribution in [2.75, 3.05) is 6.61 Å². The second-order valence-electron chi connectivity index (χ2n) is 4.49. The van der Waals surface area contributed by atoms with Gasteiger partial charge in [0.1, 0.15) is 16.4 Å². The molecule has 0 radical (unpaired) electrons. The molecule has 2 N–H and O–H groups in total. The van der Waals surface area contributed by atoms with Crippen molar-refractivity contribution in [3.8, 4) is 5.75 Å². The Morgan fingerprint density at radius 3 is 2.90 bits per heavy atom. The van der Waals surface area contributed by atoms with Crippen molar-refractivity contribution in [3.63, 3.8) is 0 Å². The van der Waals surface area contributed by atoms with E-state index in [1.807, 2.05) is 6.07 Å². The van der Waals surface area contributed by atoms with Crippen molar-refractivity contribution in [2.45, 2.75) is 12.5 Å². The monoisotopic (exact) mass is 294 g/mol. The van der Waals surface area contributed by atoms with Crippen molar-refractivity contribution < 1.29 is 14.1 Å². The molecule has 7 heteroatoms. The van der Waals surface area contributed by atoms with Gasteiger partial charge in [-0.2, -0.15) is 0 Å². The summed E-state index contributed by atoms with van der Waals surface area (Å²) in [6.07, 6.45) is 0.772. The third-order valence-corrected chi connectivity index (χ3v) is 3.43. The van der Waals surface area contributed by atoms with Crippen LogP contribution < -0.4 is 10.5 Å². The molecular formula is C13H11ClN2O4. The summed E-state index contributed by atoms with van der Waals surface area (Å²) >= 11 is 6.07. The van der Waals surface area contributed by atoms with E-state index in [9.17, 15) is 10.1 Å². The first kappa shape index (κ1) is 13.0. The quantitative estimate of drug-likeness (QED) is 0.694. The van der Waals surface area contributed by atoms with Crippen LogP contribution in [0.5, 0.6) is 5.75 Å². The predicted octanol–water partition coefficient (Wildman–Crippen LogP) is 2.82. The van der Waals surface area contributed by atoms with E-state index >= 15 is 0 Å². The predicted molar refractivity (Wildman–Crippen MR) is 72.0 cm³/mol. The average Bonchev–Trinajstić information content (AvgIpc) is 3.05. The second-order valence-corrected chi connectivity index (χ2v) is 4.93. The van der Waals surface area contributed by atoms with Crippen LogP contribution in [0.4, 0.5) is 5.88 Å². The number of nitro groups is 1. The summed E-state index contributed by atoms with van der Waals surface area (Å²) in [5.41, 5.74) is 7.78. The zero-order chi connectivity index (χ0) is 14.3. The molecule has 0 fully saturated rings. The number of hydrogen-bond acceptors (Lipinski definition) is 5. The summed E-state index contributed by atoms with van der Waals surface area (Å²) in [7, 11) is 0. The number of furan rings is 1. The highest BCUT2D eigenvalue weighted by Gasteiger charge is 2.25. The van der Waals surface area contributed by atoms with Gasteiger partial charge in [0.05, 0.1) is 18.7 Å².